The Kier molecular flexibility index (Phi) is 6.78. The van der Waals surface area contributed by atoms with Gasteiger partial charge in [0.05, 0.1) is 23.9 Å². The van der Waals surface area contributed by atoms with Gasteiger partial charge in [0.15, 0.2) is 6.29 Å². The summed E-state index contributed by atoms with van der Waals surface area (Å²) in [6, 6.07) is 13.6. The maximum absolute atomic E-state index is 11.3. The number of pyridine rings is 1. The van der Waals surface area contributed by atoms with Crippen LogP contribution in [-0.4, -0.2) is 36.7 Å². The van der Waals surface area contributed by atoms with Crippen molar-refractivity contribution >= 4 is 42.1 Å². The second kappa shape index (κ2) is 9.62. The molecule has 1 atom stereocenters. The molecule has 0 bridgehead atoms. The molecular weight excluding hydrogens is 512 g/mol. The molecule has 1 aliphatic carbocycles. The van der Waals surface area contributed by atoms with Crippen LogP contribution in [0.15, 0.2) is 42.5 Å². The summed E-state index contributed by atoms with van der Waals surface area (Å²) in [4.78, 5) is 15.6. The highest BCUT2D eigenvalue weighted by molar-refractivity contribution is 6.66. The highest BCUT2D eigenvalue weighted by atomic mass is 35.5. The van der Waals surface area contributed by atoms with Gasteiger partial charge in [-0.2, -0.15) is 4.98 Å². The Balaban J connectivity index is 1.48. The molecule has 2 aliphatic rings. The highest BCUT2D eigenvalue weighted by Crippen LogP contribution is 2.43. The van der Waals surface area contributed by atoms with Gasteiger partial charge < -0.3 is 18.8 Å². The van der Waals surface area contributed by atoms with Gasteiger partial charge in [-0.1, -0.05) is 59.6 Å². The van der Waals surface area contributed by atoms with Crippen molar-refractivity contribution in [2.45, 2.75) is 57.8 Å². The predicted molar refractivity (Wildman–Crippen MR) is 145 cm³/mol. The van der Waals surface area contributed by atoms with Crippen LogP contribution in [0.1, 0.15) is 61.7 Å². The van der Waals surface area contributed by atoms with E-state index < -0.39 is 18.3 Å². The molecule has 6 nitrogen and oxygen atoms in total. The monoisotopic (exact) mass is 539 g/mol. The van der Waals surface area contributed by atoms with Gasteiger partial charge in [0, 0.05) is 16.0 Å². The topological polar surface area (TPSA) is 66.9 Å². The fraction of sp³-hybridized carbons (Fsp3) is 0.357. The van der Waals surface area contributed by atoms with E-state index >= 15 is 0 Å². The third-order valence-corrected chi connectivity index (χ3v) is 8.24. The summed E-state index contributed by atoms with van der Waals surface area (Å²) < 4.78 is 24.0. The van der Waals surface area contributed by atoms with Gasteiger partial charge in [-0.15, -0.1) is 0 Å². The van der Waals surface area contributed by atoms with Crippen LogP contribution in [0.4, 0.5) is 0 Å². The van der Waals surface area contributed by atoms with E-state index in [0.29, 0.717) is 11.3 Å². The molecule has 1 aliphatic heterocycles. The first-order valence-electron chi connectivity index (χ1n) is 12.2. The first-order chi connectivity index (χ1) is 17.6. The molecule has 0 N–H and O–H groups in total. The molecule has 192 valence electrons. The lowest BCUT2D eigenvalue weighted by Crippen LogP contribution is -2.41. The summed E-state index contributed by atoms with van der Waals surface area (Å²) in [5, 5.41) is 0.864. The van der Waals surface area contributed by atoms with Crippen molar-refractivity contribution in [3.05, 3.63) is 69.2 Å². The van der Waals surface area contributed by atoms with E-state index in [2.05, 4.69) is 11.1 Å². The minimum absolute atomic E-state index is 0.174. The Hall–Kier alpha value is -2.58. The van der Waals surface area contributed by atoms with Gasteiger partial charge >= 0.3 is 7.12 Å². The number of fused-ring (bicyclic) bond motifs is 1. The Bertz CT molecular complexity index is 1360. The molecule has 1 fully saturated rings. The zero-order valence-electron chi connectivity index (χ0n) is 21.4. The number of carbonyl (C=O) groups is 1. The van der Waals surface area contributed by atoms with Gasteiger partial charge in [-0.05, 0) is 63.3 Å². The average molecular weight is 540 g/mol. The first-order valence-corrected chi connectivity index (χ1v) is 12.9. The Labute approximate surface area is 227 Å². The molecule has 1 aromatic heterocycles. The molecule has 37 heavy (non-hydrogen) atoms. The van der Waals surface area contributed by atoms with Crippen LogP contribution in [0.2, 0.25) is 10.0 Å². The number of nitrogens with zero attached hydrogens (tertiary/aromatic N) is 1. The third-order valence-electron chi connectivity index (χ3n) is 7.55. The normalized spacial score (nSPS) is 19.5. The lowest BCUT2D eigenvalue weighted by Gasteiger charge is -2.32. The number of hydrogen-bond acceptors (Lipinski definition) is 6. The molecule has 2 aromatic carbocycles. The molecule has 0 spiro atoms. The number of aromatic nitrogens is 1. The van der Waals surface area contributed by atoms with Gasteiger partial charge in [0.25, 0.3) is 0 Å². The number of hydrogen-bond donors (Lipinski definition) is 0. The van der Waals surface area contributed by atoms with Crippen LogP contribution in [0.25, 0.3) is 11.1 Å². The standard InChI is InChI=1S/C28H28BCl2NO5/c1-27(2)28(3,4)37-29(36-27)21-11-7-10-20(24(21)31)17-8-6-9-19-18(17)12-13-23(19)35-26-22(30)14-16(15-33)25(32-26)34-5/h6-11,14-15,23H,12-13H2,1-5H3/t23-/m0/s1. The lowest BCUT2D eigenvalue weighted by atomic mass is 9.77. The molecular formula is C28H28BCl2NO5. The third kappa shape index (κ3) is 4.52. The van der Waals surface area contributed by atoms with E-state index in [9.17, 15) is 4.79 Å². The van der Waals surface area contributed by atoms with Gasteiger partial charge in [0.2, 0.25) is 11.8 Å². The minimum atomic E-state index is -0.553. The maximum atomic E-state index is 11.3. The maximum Gasteiger partial charge on any atom is 0.496 e. The second-order valence-electron chi connectivity index (χ2n) is 10.3. The number of halogens is 2. The summed E-state index contributed by atoms with van der Waals surface area (Å²) in [7, 11) is 0.897. The number of ether oxygens (including phenoxy) is 2. The van der Waals surface area contributed by atoms with Crippen LogP contribution >= 0.6 is 23.2 Å². The van der Waals surface area contributed by atoms with E-state index in [-0.39, 0.29) is 28.5 Å². The summed E-state index contributed by atoms with van der Waals surface area (Å²) in [5.74, 6) is 0.404. The van der Waals surface area contributed by atoms with Crippen LogP contribution < -0.4 is 14.9 Å². The van der Waals surface area contributed by atoms with Crippen molar-refractivity contribution in [2.24, 2.45) is 0 Å². The molecule has 2 heterocycles. The largest absolute Gasteiger partial charge is 0.496 e. The zero-order chi connectivity index (χ0) is 26.5. The molecule has 0 radical (unpaired) electrons. The molecule has 5 rings (SSSR count). The zero-order valence-corrected chi connectivity index (χ0v) is 22.9. The smallest absolute Gasteiger partial charge is 0.480 e. The highest BCUT2D eigenvalue weighted by Gasteiger charge is 2.52. The molecule has 0 unspecified atom stereocenters. The Morgan fingerprint density at radius 3 is 2.38 bits per heavy atom. The molecule has 3 aromatic rings. The van der Waals surface area contributed by atoms with E-state index in [1.54, 1.807) is 0 Å². The first kappa shape index (κ1) is 26.0. The fourth-order valence-corrected chi connectivity index (χ4v) is 5.36. The number of carbonyl (C=O) groups excluding carboxylic acids is 1. The fourth-order valence-electron chi connectivity index (χ4n) is 4.84. The van der Waals surface area contributed by atoms with Crippen molar-refractivity contribution in [2.75, 3.05) is 7.11 Å². The van der Waals surface area contributed by atoms with Crippen molar-refractivity contribution in [3.63, 3.8) is 0 Å². The summed E-state index contributed by atoms with van der Waals surface area (Å²) in [6.07, 6.45) is 1.95. The van der Waals surface area contributed by atoms with Crippen molar-refractivity contribution < 1.29 is 23.6 Å². The summed E-state index contributed by atoms with van der Waals surface area (Å²) >= 11 is 13.4. The second-order valence-corrected chi connectivity index (χ2v) is 11.1. The molecule has 0 saturated carbocycles. The quantitative estimate of drug-likeness (QED) is 0.273. The Morgan fingerprint density at radius 2 is 1.70 bits per heavy atom. The van der Waals surface area contributed by atoms with E-state index in [1.807, 2.05) is 58.0 Å². The SMILES string of the molecule is COc1nc(O[C@H]2CCc3c(-c4cccc(B5OC(C)(C)C(C)(C)O5)c4Cl)cccc32)c(Cl)cc1C=O. The number of methoxy groups -OCH3 is 1. The number of rotatable bonds is 6. The van der Waals surface area contributed by atoms with Crippen molar-refractivity contribution in [1.29, 1.82) is 0 Å². The summed E-state index contributed by atoms with van der Waals surface area (Å²) in [5.41, 5.74) is 4.32. The number of aldehydes is 1. The van der Waals surface area contributed by atoms with Crippen LogP contribution in [0.3, 0.4) is 0 Å². The molecule has 9 heteroatoms. The van der Waals surface area contributed by atoms with Gasteiger partial charge in [0.1, 0.15) is 11.1 Å². The van der Waals surface area contributed by atoms with Gasteiger partial charge in [-0.25, -0.2) is 0 Å². The van der Waals surface area contributed by atoms with Crippen LogP contribution in [0.5, 0.6) is 11.8 Å². The minimum Gasteiger partial charge on any atom is -0.480 e. The lowest BCUT2D eigenvalue weighted by molar-refractivity contribution is 0.00578. The van der Waals surface area contributed by atoms with E-state index in [4.69, 9.17) is 42.0 Å². The predicted octanol–water partition coefficient (Wildman–Crippen LogP) is 6.24. The van der Waals surface area contributed by atoms with E-state index in [0.717, 1.165) is 40.6 Å². The van der Waals surface area contributed by atoms with Gasteiger partial charge in [-0.3, -0.25) is 4.79 Å². The summed E-state index contributed by atoms with van der Waals surface area (Å²) in [6.45, 7) is 8.10. The van der Waals surface area contributed by atoms with Crippen LogP contribution in [0, 0.1) is 0 Å². The van der Waals surface area contributed by atoms with Crippen LogP contribution in [-0.2, 0) is 15.7 Å². The van der Waals surface area contributed by atoms with Crippen molar-refractivity contribution in [3.8, 4) is 22.9 Å². The average Bonchev–Trinajstić information content (AvgIpc) is 3.36. The molecule has 0 amide bonds. The Morgan fingerprint density at radius 1 is 1.03 bits per heavy atom. The van der Waals surface area contributed by atoms with E-state index in [1.165, 1.54) is 13.2 Å². The molecule has 1 saturated heterocycles. The number of benzene rings is 2. The van der Waals surface area contributed by atoms with Crippen molar-refractivity contribution in [1.82, 2.24) is 4.98 Å².